The summed E-state index contributed by atoms with van der Waals surface area (Å²) in [5, 5.41) is 9.73. The van der Waals surface area contributed by atoms with Gasteiger partial charge in [-0.2, -0.15) is 0 Å². The van der Waals surface area contributed by atoms with Gasteiger partial charge in [-0.15, -0.1) is 0 Å². The minimum Gasteiger partial charge on any atom is -0.392 e. The molecule has 0 saturated carbocycles. The van der Waals surface area contributed by atoms with E-state index in [0.717, 1.165) is 32.7 Å². The number of nitrogens with zero attached hydrogens (tertiary/aromatic N) is 2. The Bertz CT molecular complexity index is 552. The van der Waals surface area contributed by atoms with E-state index in [1.807, 2.05) is 13.0 Å². The van der Waals surface area contributed by atoms with Crippen molar-refractivity contribution in [2.24, 2.45) is 0 Å². The van der Waals surface area contributed by atoms with Crippen LogP contribution in [-0.4, -0.2) is 47.5 Å². The van der Waals surface area contributed by atoms with Gasteiger partial charge in [0.1, 0.15) is 0 Å². The first-order valence-corrected chi connectivity index (χ1v) is 8.26. The number of ether oxygens (including phenoxy) is 1. The maximum Gasteiger partial charge on any atom is 0.0639 e. The molecule has 0 unspecified atom stereocenters. The third kappa shape index (κ3) is 6.18. The Balaban J connectivity index is 2.00. The van der Waals surface area contributed by atoms with Gasteiger partial charge in [-0.1, -0.05) is 30.3 Å². The van der Waals surface area contributed by atoms with Crippen LogP contribution in [0.2, 0.25) is 0 Å². The molecule has 0 amide bonds. The van der Waals surface area contributed by atoms with Crippen molar-refractivity contribution in [3.63, 3.8) is 0 Å². The van der Waals surface area contributed by atoms with E-state index >= 15 is 0 Å². The highest BCUT2D eigenvalue weighted by Gasteiger charge is 2.11. The van der Waals surface area contributed by atoms with Gasteiger partial charge >= 0.3 is 0 Å². The Kier molecular flexibility index (Phi) is 7.33. The maximum absolute atomic E-state index is 9.73. The highest BCUT2D eigenvalue weighted by Crippen LogP contribution is 2.11. The summed E-state index contributed by atoms with van der Waals surface area (Å²) in [5.74, 6) is 0. The van der Waals surface area contributed by atoms with Crippen molar-refractivity contribution >= 4 is 0 Å². The highest BCUT2D eigenvalue weighted by atomic mass is 16.5. The van der Waals surface area contributed by atoms with E-state index < -0.39 is 0 Å². The molecular formula is C19H28N2O2. The zero-order valence-electron chi connectivity index (χ0n) is 14.2. The fourth-order valence-electron chi connectivity index (χ4n) is 2.80. The fraction of sp³-hybridized carbons (Fsp3) is 0.474. The van der Waals surface area contributed by atoms with Crippen LogP contribution in [0.5, 0.6) is 0 Å². The lowest BCUT2D eigenvalue weighted by atomic mass is 10.2. The predicted molar refractivity (Wildman–Crippen MR) is 93.4 cm³/mol. The van der Waals surface area contributed by atoms with Crippen LogP contribution in [-0.2, 0) is 17.8 Å². The number of hydrogen-bond acceptors (Lipinski definition) is 3. The quantitative estimate of drug-likeness (QED) is 0.685. The molecule has 23 heavy (non-hydrogen) atoms. The van der Waals surface area contributed by atoms with Crippen LogP contribution in [0.4, 0.5) is 0 Å². The van der Waals surface area contributed by atoms with Crippen molar-refractivity contribution in [1.82, 2.24) is 9.47 Å². The van der Waals surface area contributed by atoms with E-state index in [0.29, 0.717) is 6.54 Å². The molecule has 0 spiro atoms. The van der Waals surface area contributed by atoms with Crippen LogP contribution in [0.25, 0.3) is 0 Å². The molecule has 0 saturated heterocycles. The lowest BCUT2D eigenvalue weighted by Crippen LogP contribution is -2.32. The van der Waals surface area contributed by atoms with E-state index in [9.17, 15) is 5.11 Å². The number of hydrogen-bond donors (Lipinski definition) is 1. The SMILES string of the molecule is COCCCN(Cc1cccn1Cc1ccccc1)C[C@H](C)O. The summed E-state index contributed by atoms with van der Waals surface area (Å²) in [4.78, 5) is 2.29. The number of aliphatic hydroxyl groups is 1. The van der Waals surface area contributed by atoms with E-state index in [2.05, 4.69) is 52.1 Å². The summed E-state index contributed by atoms with van der Waals surface area (Å²) in [7, 11) is 1.73. The number of aliphatic hydroxyl groups excluding tert-OH is 1. The lowest BCUT2D eigenvalue weighted by Gasteiger charge is -2.24. The summed E-state index contributed by atoms with van der Waals surface area (Å²) in [6, 6.07) is 14.7. The molecule has 0 aliphatic carbocycles. The topological polar surface area (TPSA) is 37.6 Å². The fourth-order valence-corrected chi connectivity index (χ4v) is 2.80. The average Bonchev–Trinajstić information content (AvgIpc) is 2.95. The molecule has 0 radical (unpaired) electrons. The first-order valence-electron chi connectivity index (χ1n) is 8.26. The van der Waals surface area contributed by atoms with Crippen LogP contribution in [0.3, 0.4) is 0 Å². The molecule has 1 heterocycles. The molecule has 0 aliphatic rings. The lowest BCUT2D eigenvalue weighted by molar-refractivity contribution is 0.109. The van der Waals surface area contributed by atoms with Gasteiger partial charge in [-0.3, -0.25) is 4.90 Å². The first-order chi connectivity index (χ1) is 11.2. The van der Waals surface area contributed by atoms with E-state index in [1.54, 1.807) is 7.11 Å². The first kappa shape index (κ1) is 17.7. The largest absolute Gasteiger partial charge is 0.392 e. The third-order valence-electron chi connectivity index (χ3n) is 3.85. The second-order valence-corrected chi connectivity index (χ2v) is 6.04. The van der Waals surface area contributed by atoms with Crippen molar-refractivity contribution < 1.29 is 9.84 Å². The van der Waals surface area contributed by atoms with E-state index in [-0.39, 0.29) is 6.10 Å². The monoisotopic (exact) mass is 316 g/mol. The van der Waals surface area contributed by atoms with Crippen LogP contribution in [0.1, 0.15) is 24.6 Å². The van der Waals surface area contributed by atoms with Crippen molar-refractivity contribution in [3.8, 4) is 0 Å². The molecule has 1 aromatic heterocycles. The second-order valence-electron chi connectivity index (χ2n) is 6.04. The van der Waals surface area contributed by atoms with Crippen molar-refractivity contribution in [1.29, 1.82) is 0 Å². The summed E-state index contributed by atoms with van der Waals surface area (Å²) in [6.07, 6.45) is 2.77. The van der Waals surface area contributed by atoms with E-state index in [1.165, 1.54) is 11.3 Å². The van der Waals surface area contributed by atoms with Gasteiger partial charge in [0.15, 0.2) is 0 Å². The van der Waals surface area contributed by atoms with Crippen LogP contribution < -0.4 is 0 Å². The maximum atomic E-state index is 9.73. The minimum absolute atomic E-state index is 0.324. The predicted octanol–water partition coefficient (Wildman–Crippen LogP) is 2.76. The van der Waals surface area contributed by atoms with Gasteiger partial charge in [-0.25, -0.2) is 0 Å². The molecule has 4 heteroatoms. The standard InChI is InChI=1S/C19H28N2O2/c1-17(22)14-20(11-7-13-23-2)16-19-10-6-12-21(19)15-18-8-4-3-5-9-18/h3-6,8-10,12,17,22H,7,11,13-16H2,1-2H3/t17-/m0/s1. The Morgan fingerprint density at radius 3 is 2.65 bits per heavy atom. The summed E-state index contributed by atoms with van der Waals surface area (Å²) in [6.45, 7) is 5.92. The molecule has 0 fully saturated rings. The highest BCUT2D eigenvalue weighted by molar-refractivity contribution is 5.17. The van der Waals surface area contributed by atoms with Crippen molar-refractivity contribution in [2.45, 2.75) is 32.5 Å². The summed E-state index contributed by atoms with van der Waals surface area (Å²) >= 11 is 0. The summed E-state index contributed by atoms with van der Waals surface area (Å²) in [5.41, 5.74) is 2.57. The third-order valence-corrected chi connectivity index (χ3v) is 3.85. The molecule has 1 aromatic carbocycles. The van der Waals surface area contributed by atoms with Gasteiger partial charge in [0, 0.05) is 51.8 Å². The number of rotatable bonds is 10. The number of benzene rings is 1. The number of methoxy groups -OCH3 is 1. The molecule has 4 nitrogen and oxygen atoms in total. The average molecular weight is 316 g/mol. The molecule has 0 aliphatic heterocycles. The Morgan fingerprint density at radius 1 is 1.17 bits per heavy atom. The zero-order valence-corrected chi connectivity index (χ0v) is 14.2. The minimum atomic E-state index is -0.324. The Morgan fingerprint density at radius 2 is 1.96 bits per heavy atom. The van der Waals surface area contributed by atoms with Crippen molar-refractivity contribution in [2.75, 3.05) is 26.8 Å². The zero-order chi connectivity index (χ0) is 16.5. The Hall–Kier alpha value is -1.62. The smallest absolute Gasteiger partial charge is 0.0639 e. The van der Waals surface area contributed by atoms with Gasteiger partial charge in [-0.05, 0) is 31.0 Å². The van der Waals surface area contributed by atoms with Crippen LogP contribution in [0.15, 0.2) is 48.7 Å². The molecule has 2 aromatic rings. The van der Waals surface area contributed by atoms with Crippen LogP contribution in [0, 0.1) is 0 Å². The Labute approximate surface area is 139 Å². The van der Waals surface area contributed by atoms with Gasteiger partial charge in [0.2, 0.25) is 0 Å². The summed E-state index contributed by atoms with van der Waals surface area (Å²) < 4.78 is 7.42. The van der Waals surface area contributed by atoms with Gasteiger partial charge < -0.3 is 14.4 Å². The van der Waals surface area contributed by atoms with Crippen LogP contribution >= 0.6 is 0 Å². The second kappa shape index (κ2) is 9.50. The molecular weight excluding hydrogens is 288 g/mol. The molecule has 126 valence electrons. The van der Waals surface area contributed by atoms with Gasteiger partial charge in [0.05, 0.1) is 6.10 Å². The normalized spacial score (nSPS) is 12.7. The molecule has 2 rings (SSSR count). The van der Waals surface area contributed by atoms with Gasteiger partial charge in [0.25, 0.3) is 0 Å². The molecule has 0 bridgehead atoms. The number of aromatic nitrogens is 1. The molecule has 1 N–H and O–H groups in total. The van der Waals surface area contributed by atoms with Crippen molar-refractivity contribution in [3.05, 3.63) is 59.9 Å². The van der Waals surface area contributed by atoms with E-state index in [4.69, 9.17) is 4.74 Å². The molecule has 1 atom stereocenters.